The predicted octanol–water partition coefficient (Wildman–Crippen LogP) is 10.8. The van der Waals surface area contributed by atoms with E-state index in [-0.39, 0.29) is 12.8 Å². The van der Waals surface area contributed by atoms with Crippen LogP contribution in [0.3, 0.4) is 0 Å². The Balaban J connectivity index is 0. The van der Waals surface area contributed by atoms with Crippen LogP contribution in [0.1, 0.15) is 182 Å². The summed E-state index contributed by atoms with van der Waals surface area (Å²) in [4.78, 5) is 45.2. The summed E-state index contributed by atoms with van der Waals surface area (Å²) < 4.78 is 19.0. The minimum atomic E-state index is -1.20. The molecule has 0 heterocycles. The van der Waals surface area contributed by atoms with Crippen LogP contribution < -0.4 is 0 Å². The van der Waals surface area contributed by atoms with Crippen molar-refractivity contribution in [2.24, 2.45) is 0 Å². The van der Waals surface area contributed by atoms with Gasteiger partial charge in [0.1, 0.15) is 0 Å². The summed E-state index contributed by atoms with van der Waals surface area (Å²) in [5.74, 6) is -1.26. The second-order valence-electron chi connectivity index (χ2n) is 11.0. The van der Waals surface area contributed by atoms with Crippen LogP contribution in [-0.2, 0) is 28.5 Å². The first-order valence-corrected chi connectivity index (χ1v) is 17.2. The number of unbranched alkanes of at least 4 members (excludes halogenated alkanes) is 18. The van der Waals surface area contributed by atoms with Crippen molar-refractivity contribution in [3.8, 4) is 0 Å². The Labute approximate surface area is 257 Å². The summed E-state index contributed by atoms with van der Waals surface area (Å²) >= 11 is 0. The van der Waals surface area contributed by atoms with Crippen LogP contribution in [0.5, 0.6) is 0 Å². The normalized spacial score (nSPS) is 10.4. The van der Waals surface area contributed by atoms with Gasteiger partial charge in [-0.05, 0) is 25.7 Å². The van der Waals surface area contributed by atoms with Gasteiger partial charge in [0.25, 0.3) is 0 Å². The zero-order chi connectivity index (χ0) is 31.5. The average molecular weight is 601 g/mol. The molecule has 0 saturated carbocycles. The van der Waals surface area contributed by atoms with Crippen molar-refractivity contribution in [3.63, 3.8) is 0 Å². The van der Waals surface area contributed by atoms with E-state index < -0.39 is 24.2 Å². The molecule has 42 heavy (non-hydrogen) atoms. The molecule has 248 valence electrons. The van der Waals surface area contributed by atoms with Crippen molar-refractivity contribution in [3.05, 3.63) is 0 Å². The third-order valence-electron chi connectivity index (χ3n) is 6.80. The van der Waals surface area contributed by atoms with Crippen LogP contribution in [0.25, 0.3) is 0 Å². The van der Waals surface area contributed by atoms with Crippen molar-refractivity contribution < 1.29 is 38.1 Å². The zero-order valence-corrected chi connectivity index (χ0v) is 27.7. The summed E-state index contributed by atoms with van der Waals surface area (Å²) in [6.45, 7) is 9.66. The molecule has 0 aromatic heterocycles. The standard InChI is InChI=1S/C17H30O5.C17H34O3/c1-3-5-7-9-11-13-15(18)21-17(20)22-16(19)14-12-10-8-6-4-2;1-3-5-7-9-11-13-15-19-17(18)20-16-14-12-10-8-6-4-2/h3-14H2,1-2H3;3-16H2,1-2H3. The second-order valence-corrected chi connectivity index (χ2v) is 11.0. The molecule has 0 aromatic carbocycles. The van der Waals surface area contributed by atoms with E-state index in [0.717, 1.165) is 77.0 Å². The molecule has 8 heteroatoms. The first kappa shape index (κ1) is 42.0. The third kappa shape index (κ3) is 35.9. The topological polar surface area (TPSA) is 105 Å². The molecule has 0 aromatic rings. The molecule has 0 amide bonds. The summed E-state index contributed by atoms with van der Waals surface area (Å²) in [5.41, 5.74) is 0. The minimum absolute atomic E-state index is 0.185. The van der Waals surface area contributed by atoms with Crippen LogP contribution >= 0.6 is 0 Å². The second kappa shape index (κ2) is 35.1. The van der Waals surface area contributed by atoms with Gasteiger partial charge in [0, 0.05) is 12.8 Å². The van der Waals surface area contributed by atoms with Crippen LogP contribution in [0.15, 0.2) is 0 Å². The molecule has 0 atom stereocenters. The molecular weight excluding hydrogens is 536 g/mol. The molecule has 0 N–H and O–H groups in total. The number of esters is 2. The van der Waals surface area contributed by atoms with Gasteiger partial charge in [-0.25, -0.2) is 9.59 Å². The highest BCUT2D eigenvalue weighted by Crippen LogP contribution is 2.09. The summed E-state index contributed by atoms with van der Waals surface area (Å²) in [5, 5.41) is 0. The fourth-order valence-corrected chi connectivity index (χ4v) is 4.17. The first-order chi connectivity index (χ1) is 20.4. The molecule has 0 fully saturated rings. The molecule has 0 spiro atoms. The van der Waals surface area contributed by atoms with E-state index in [1.165, 1.54) is 51.4 Å². The maximum Gasteiger partial charge on any atom is 0.524 e. The molecule has 0 unspecified atom stereocenters. The number of hydrogen-bond donors (Lipinski definition) is 0. The maximum atomic E-state index is 11.4. The highest BCUT2D eigenvalue weighted by molar-refractivity contribution is 5.88. The predicted molar refractivity (Wildman–Crippen MR) is 168 cm³/mol. The smallest absolute Gasteiger partial charge is 0.434 e. The Hall–Kier alpha value is -2.12. The Morgan fingerprint density at radius 3 is 0.976 bits per heavy atom. The fraction of sp³-hybridized carbons (Fsp3) is 0.882. The van der Waals surface area contributed by atoms with Crippen LogP contribution in [0.4, 0.5) is 9.59 Å². The van der Waals surface area contributed by atoms with Crippen molar-refractivity contribution in [1.29, 1.82) is 0 Å². The third-order valence-corrected chi connectivity index (χ3v) is 6.80. The SMILES string of the molecule is CCCCCCCC(=O)OC(=O)OC(=O)CCCCCCC.CCCCCCCCOC(=O)OCCCCCCCC. The average Bonchev–Trinajstić information content (AvgIpc) is 2.96. The minimum Gasteiger partial charge on any atom is -0.434 e. The zero-order valence-electron chi connectivity index (χ0n) is 27.7. The highest BCUT2D eigenvalue weighted by atomic mass is 16.8. The quantitative estimate of drug-likeness (QED) is 0.0548. The number of rotatable bonds is 26. The lowest BCUT2D eigenvalue weighted by Crippen LogP contribution is -2.17. The molecule has 0 aliphatic heterocycles. The monoisotopic (exact) mass is 600 g/mol. The molecule has 0 aliphatic rings. The Kier molecular flexibility index (Phi) is 35.1. The van der Waals surface area contributed by atoms with Gasteiger partial charge in [-0.15, -0.1) is 0 Å². The van der Waals surface area contributed by atoms with E-state index in [4.69, 9.17) is 9.47 Å². The van der Waals surface area contributed by atoms with Gasteiger partial charge in [0.05, 0.1) is 13.2 Å². The van der Waals surface area contributed by atoms with E-state index >= 15 is 0 Å². The van der Waals surface area contributed by atoms with Gasteiger partial charge in [-0.1, -0.05) is 143 Å². The molecule has 8 nitrogen and oxygen atoms in total. The van der Waals surface area contributed by atoms with E-state index in [1.807, 2.05) is 0 Å². The first-order valence-electron chi connectivity index (χ1n) is 17.2. The maximum absolute atomic E-state index is 11.4. The van der Waals surface area contributed by atoms with Crippen LogP contribution in [0, 0.1) is 0 Å². The number of carbonyl (C=O) groups excluding carboxylic acids is 4. The van der Waals surface area contributed by atoms with E-state index in [9.17, 15) is 19.2 Å². The van der Waals surface area contributed by atoms with Crippen LogP contribution in [-0.4, -0.2) is 37.5 Å². The lowest BCUT2D eigenvalue weighted by molar-refractivity contribution is -0.146. The number of hydrogen-bond acceptors (Lipinski definition) is 8. The molecular formula is C34H64O8. The molecule has 0 bridgehead atoms. The molecule has 0 rings (SSSR count). The van der Waals surface area contributed by atoms with Gasteiger partial charge in [0.15, 0.2) is 0 Å². The molecule has 0 radical (unpaired) electrons. The molecule has 0 aliphatic carbocycles. The Morgan fingerprint density at radius 2 is 0.643 bits per heavy atom. The summed E-state index contributed by atoms with van der Waals surface area (Å²) in [6, 6.07) is 0. The van der Waals surface area contributed by atoms with Crippen molar-refractivity contribution in [1.82, 2.24) is 0 Å². The van der Waals surface area contributed by atoms with Crippen LogP contribution in [0.2, 0.25) is 0 Å². The van der Waals surface area contributed by atoms with Crippen molar-refractivity contribution in [2.45, 2.75) is 182 Å². The number of ether oxygens (including phenoxy) is 4. The van der Waals surface area contributed by atoms with Gasteiger partial charge in [0.2, 0.25) is 0 Å². The van der Waals surface area contributed by atoms with E-state index in [1.54, 1.807) is 0 Å². The largest absolute Gasteiger partial charge is 0.524 e. The number of carbonyl (C=O) groups is 4. The van der Waals surface area contributed by atoms with Gasteiger partial charge in [-0.2, -0.15) is 0 Å². The Morgan fingerprint density at radius 1 is 0.357 bits per heavy atom. The van der Waals surface area contributed by atoms with Crippen molar-refractivity contribution in [2.75, 3.05) is 13.2 Å². The molecule has 0 saturated heterocycles. The van der Waals surface area contributed by atoms with Gasteiger partial charge < -0.3 is 18.9 Å². The summed E-state index contributed by atoms with van der Waals surface area (Å²) in [7, 11) is 0. The lowest BCUT2D eigenvalue weighted by atomic mass is 10.1. The van der Waals surface area contributed by atoms with Gasteiger partial charge in [-0.3, -0.25) is 9.59 Å². The van der Waals surface area contributed by atoms with Crippen molar-refractivity contribution >= 4 is 24.2 Å². The summed E-state index contributed by atoms with van der Waals surface area (Å²) in [6.07, 6.45) is 23.0. The van der Waals surface area contributed by atoms with E-state index in [2.05, 4.69) is 37.2 Å². The highest BCUT2D eigenvalue weighted by Gasteiger charge is 2.15. The lowest BCUT2D eigenvalue weighted by Gasteiger charge is -2.06. The van der Waals surface area contributed by atoms with Gasteiger partial charge >= 0.3 is 24.2 Å². The fourth-order valence-electron chi connectivity index (χ4n) is 4.17. The Bertz CT molecular complexity index is 585. The van der Waals surface area contributed by atoms with E-state index in [0.29, 0.717) is 26.1 Å².